The Morgan fingerprint density at radius 1 is 0.854 bits per heavy atom. The molecule has 0 spiro atoms. The van der Waals surface area contributed by atoms with Gasteiger partial charge in [0.05, 0.1) is 36.9 Å². The van der Waals surface area contributed by atoms with Crippen molar-refractivity contribution in [2.75, 3.05) is 38.2 Å². The highest BCUT2D eigenvalue weighted by Gasteiger charge is 2.37. The fourth-order valence-electron chi connectivity index (χ4n) is 7.01. The number of carbonyl (C=O) groups excluding carboxylic acids is 3. The first-order valence-electron chi connectivity index (χ1n) is 17.0. The molecule has 2 aromatic carbocycles. The standard InChI is InChI=1S/C36H47N5O7/c1-36(2,3)48-35(45)39-20-16-28(17-21-39)47-27-14-18-38(19-15-27)25-8-11-29-31(22-25)37(4)34(44)41(29)30-12-13-32(42)40(33(30)43)23-24-6-9-26(46-5)10-7-24/h6-11,22,27-28,30H,12-21,23H2,1-5H3. The number of nitrogens with zero attached hydrogens (tertiary/aromatic N) is 5. The monoisotopic (exact) mass is 661 g/mol. The molecule has 0 radical (unpaired) electrons. The molecule has 48 heavy (non-hydrogen) atoms. The molecule has 3 aliphatic heterocycles. The molecule has 3 aromatic rings. The molecule has 4 heterocycles. The quantitative estimate of drug-likeness (QED) is 0.337. The molecule has 6 rings (SSSR count). The number of aryl methyl sites for hydroxylation is 1. The summed E-state index contributed by atoms with van der Waals surface area (Å²) in [6.07, 6.45) is 3.89. The zero-order valence-corrected chi connectivity index (χ0v) is 28.6. The number of ether oxygens (including phenoxy) is 3. The molecule has 1 atom stereocenters. The second-order valence-corrected chi connectivity index (χ2v) is 14.1. The number of hydrogen-bond acceptors (Lipinski definition) is 8. The van der Waals surface area contributed by atoms with Crippen molar-refractivity contribution in [3.63, 3.8) is 0 Å². The fraction of sp³-hybridized carbons (Fsp3) is 0.556. The van der Waals surface area contributed by atoms with Crippen LogP contribution < -0.4 is 15.3 Å². The summed E-state index contributed by atoms with van der Waals surface area (Å²) >= 11 is 0. The summed E-state index contributed by atoms with van der Waals surface area (Å²) in [5.74, 6) is 0.0981. The predicted octanol–water partition coefficient (Wildman–Crippen LogP) is 4.62. The smallest absolute Gasteiger partial charge is 0.410 e. The number of carbonyl (C=O) groups is 3. The van der Waals surface area contributed by atoms with Gasteiger partial charge in [-0.25, -0.2) is 9.59 Å². The molecular formula is C36H47N5O7. The Balaban J connectivity index is 1.08. The number of amides is 3. The average Bonchev–Trinajstić information content (AvgIpc) is 3.31. The molecular weight excluding hydrogens is 614 g/mol. The zero-order chi connectivity index (χ0) is 34.2. The van der Waals surface area contributed by atoms with Crippen molar-refractivity contribution in [3.05, 3.63) is 58.5 Å². The van der Waals surface area contributed by atoms with Crippen molar-refractivity contribution in [1.29, 1.82) is 0 Å². The lowest BCUT2D eigenvalue weighted by Gasteiger charge is -2.38. The Morgan fingerprint density at radius 2 is 1.50 bits per heavy atom. The number of rotatable bonds is 7. The van der Waals surface area contributed by atoms with Gasteiger partial charge in [-0.2, -0.15) is 0 Å². The van der Waals surface area contributed by atoms with E-state index in [2.05, 4.69) is 4.90 Å². The minimum Gasteiger partial charge on any atom is -0.497 e. The minimum absolute atomic E-state index is 0.135. The van der Waals surface area contributed by atoms with Crippen LogP contribution in [0.1, 0.15) is 70.9 Å². The predicted molar refractivity (Wildman–Crippen MR) is 181 cm³/mol. The van der Waals surface area contributed by atoms with Gasteiger partial charge >= 0.3 is 11.8 Å². The molecule has 3 aliphatic rings. The number of imidazole rings is 1. The summed E-state index contributed by atoms with van der Waals surface area (Å²) in [6, 6.07) is 12.5. The van der Waals surface area contributed by atoms with Crippen molar-refractivity contribution in [2.45, 2.75) is 89.7 Å². The summed E-state index contributed by atoms with van der Waals surface area (Å²) in [6.45, 7) is 8.71. The number of anilines is 1. The van der Waals surface area contributed by atoms with Crippen LogP contribution in [0.2, 0.25) is 0 Å². The van der Waals surface area contributed by atoms with Crippen LogP contribution in [0.5, 0.6) is 5.75 Å². The maximum Gasteiger partial charge on any atom is 0.410 e. The third-order valence-electron chi connectivity index (χ3n) is 9.65. The van der Waals surface area contributed by atoms with Crippen LogP contribution in [0.4, 0.5) is 10.5 Å². The molecule has 1 unspecified atom stereocenters. The van der Waals surface area contributed by atoms with Crippen molar-refractivity contribution in [2.24, 2.45) is 7.05 Å². The fourth-order valence-corrected chi connectivity index (χ4v) is 7.01. The van der Waals surface area contributed by atoms with Crippen LogP contribution in [0.3, 0.4) is 0 Å². The van der Waals surface area contributed by atoms with Crippen LogP contribution in [-0.4, -0.2) is 87.9 Å². The molecule has 12 nitrogen and oxygen atoms in total. The minimum atomic E-state index is -0.758. The van der Waals surface area contributed by atoms with E-state index in [0.29, 0.717) is 24.4 Å². The first-order valence-corrected chi connectivity index (χ1v) is 17.0. The van der Waals surface area contributed by atoms with E-state index in [9.17, 15) is 19.2 Å². The van der Waals surface area contributed by atoms with Gasteiger partial charge in [0.25, 0.3) is 5.91 Å². The number of hydrogen-bond donors (Lipinski definition) is 0. The summed E-state index contributed by atoms with van der Waals surface area (Å²) < 4.78 is 20.4. The van der Waals surface area contributed by atoms with Crippen LogP contribution in [0.25, 0.3) is 11.0 Å². The van der Waals surface area contributed by atoms with Crippen LogP contribution in [0.15, 0.2) is 47.3 Å². The molecule has 0 aliphatic carbocycles. The third kappa shape index (κ3) is 7.08. The van der Waals surface area contributed by atoms with E-state index in [1.165, 1.54) is 4.90 Å². The van der Waals surface area contributed by atoms with E-state index in [1.54, 1.807) is 40.3 Å². The highest BCUT2D eigenvalue weighted by atomic mass is 16.6. The second kappa shape index (κ2) is 13.7. The normalized spacial score (nSPS) is 20.1. The highest BCUT2D eigenvalue weighted by Crippen LogP contribution is 2.31. The topological polar surface area (TPSA) is 116 Å². The van der Waals surface area contributed by atoms with Gasteiger partial charge in [-0.3, -0.25) is 23.6 Å². The number of benzene rings is 2. The summed E-state index contributed by atoms with van der Waals surface area (Å²) in [4.78, 5) is 57.9. The molecule has 0 saturated carbocycles. The van der Waals surface area contributed by atoms with Gasteiger partial charge in [0.15, 0.2) is 0 Å². The number of likely N-dealkylation sites (tertiary alicyclic amines) is 2. The van der Waals surface area contributed by atoms with Crippen molar-refractivity contribution >= 4 is 34.6 Å². The van der Waals surface area contributed by atoms with E-state index < -0.39 is 11.6 Å². The lowest BCUT2D eigenvalue weighted by atomic mass is 10.0. The third-order valence-corrected chi connectivity index (χ3v) is 9.65. The second-order valence-electron chi connectivity index (χ2n) is 14.1. The van der Waals surface area contributed by atoms with Gasteiger partial charge in [0.2, 0.25) is 5.91 Å². The van der Waals surface area contributed by atoms with Gasteiger partial charge < -0.3 is 24.0 Å². The Hall–Kier alpha value is -4.32. The van der Waals surface area contributed by atoms with Crippen LogP contribution >= 0.6 is 0 Å². The number of methoxy groups -OCH3 is 1. The Bertz CT molecular complexity index is 1710. The van der Waals surface area contributed by atoms with E-state index in [-0.39, 0.29) is 55.2 Å². The SMILES string of the molecule is COc1ccc(CN2C(=O)CCC(n3c(=O)n(C)c4cc(N5CCC(OC6CCN(C(=O)OC(C)(C)C)CC6)CC5)ccc43)C2=O)cc1. The molecule has 3 amide bonds. The zero-order valence-electron chi connectivity index (χ0n) is 28.6. The Morgan fingerprint density at radius 3 is 2.12 bits per heavy atom. The first-order chi connectivity index (χ1) is 22.9. The van der Waals surface area contributed by atoms with Crippen LogP contribution in [0, 0.1) is 0 Å². The van der Waals surface area contributed by atoms with Gasteiger partial charge in [-0.05, 0) is 88.8 Å². The maximum absolute atomic E-state index is 13.7. The molecule has 258 valence electrons. The van der Waals surface area contributed by atoms with Crippen molar-refractivity contribution in [1.82, 2.24) is 18.9 Å². The van der Waals surface area contributed by atoms with Crippen molar-refractivity contribution < 1.29 is 28.6 Å². The van der Waals surface area contributed by atoms with Crippen LogP contribution in [-0.2, 0) is 32.7 Å². The molecule has 3 fully saturated rings. The summed E-state index contributed by atoms with van der Waals surface area (Å²) in [7, 11) is 3.31. The van der Waals surface area contributed by atoms with Gasteiger partial charge in [0.1, 0.15) is 17.4 Å². The number of fused-ring (bicyclic) bond motifs is 1. The summed E-state index contributed by atoms with van der Waals surface area (Å²) in [5.41, 5.74) is 2.48. The lowest BCUT2D eigenvalue weighted by Crippen LogP contribution is -2.47. The molecule has 12 heteroatoms. The first kappa shape index (κ1) is 33.6. The molecule has 3 saturated heterocycles. The van der Waals surface area contributed by atoms with Gasteiger partial charge in [-0.1, -0.05) is 12.1 Å². The van der Waals surface area contributed by atoms with E-state index in [0.717, 1.165) is 55.5 Å². The average molecular weight is 662 g/mol. The van der Waals surface area contributed by atoms with Gasteiger partial charge in [-0.15, -0.1) is 0 Å². The Labute approximate surface area is 281 Å². The van der Waals surface area contributed by atoms with E-state index >= 15 is 0 Å². The highest BCUT2D eigenvalue weighted by molar-refractivity contribution is 6.00. The maximum atomic E-state index is 13.7. The van der Waals surface area contributed by atoms with E-state index in [4.69, 9.17) is 14.2 Å². The molecule has 1 aromatic heterocycles. The largest absolute Gasteiger partial charge is 0.497 e. The van der Waals surface area contributed by atoms with Crippen molar-refractivity contribution in [3.8, 4) is 5.75 Å². The molecule has 0 N–H and O–H groups in total. The number of piperidine rings is 3. The Kier molecular flexibility index (Phi) is 9.55. The summed E-state index contributed by atoms with van der Waals surface area (Å²) in [5, 5.41) is 0. The lowest BCUT2D eigenvalue weighted by molar-refractivity contribution is -0.151. The number of aromatic nitrogens is 2. The van der Waals surface area contributed by atoms with E-state index in [1.807, 2.05) is 51.1 Å². The molecule has 0 bridgehead atoms. The van der Waals surface area contributed by atoms with Gasteiger partial charge in [0, 0.05) is 45.3 Å². The number of imide groups is 1.